The van der Waals surface area contributed by atoms with Crippen molar-refractivity contribution in [2.75, 3.05) is 32.3 Å². The van der Waals surface area contributed by atoms with Gasteiger partial charge in [-0.25, -0.2) is 4.79 Å². The number of esters is 1. The van der Waals surface area contributed by atoms with Crippen molar-refractivity contribution in [3.63, 3.8) is 0 Å². The van der Waals surface area contributed by atoms with Gasteiger partial charge in [0.1, 0.15) is 12.4 Å². The van der Waals surface area contributed by atoms with Crippen molar-refractivity contribution in [3.05, 3.63) is 69.8 Å². The molecule has 0 amide bonds. The predicted octanol–water partition coefficient (Wildman–Crippen LogP) is 4.36. The fourth-order valence-corrected chi connectivity index (χ4v) is 4.11. The highest BCUT2D eigenvalue weighted by molar-refractivity contribution is 9.10. The lowest BCUT2D eigenvalue weighted by Crippen LogP contribution is -2.48. The molecule has 30 heavy (non-hydrogen) atoms. The highest BCUT2D eigenvalue weighted by Gasteiger charge is 2.36. The van der Waals surface area contributed by atoms with Crippen LogP contribution < -0.4 is 15.0 Å². The molecule has 0 radical (unpaired) electrons. The van der Waals surface area contributed by atoms with E-state index in [1.807, 2.05) is 60.4 Å². The first kappa shape index (κ1) is 22.3. The first-order chi connectivity index (χ1) is 14.5. The van der Waals surface area contributed by atoms with Gasteiger partial charge in [-0.3, -0.25) is 4.90 Å². The number of allylic oxidation sites excluding steroid dienone is 1. The minimum Gasteiger partial charge on any atom is -0.496 e. The molecule has 0 saturated carbocycles. The molecule has 8 heteroatoms. The number of nitrogens with zero attached hydrogens (tertiary/aromatic N) is 1. The monoisotopic (exact) mass is 490 g/mol. The molecule has 1 N–H and O–H groups in total. The van der Waals surface area contributed by atoms with Crippen LogP contribution in [0.3, 0.4) is 0 Å². The minimum atomic E-state index is -0.507. The molecule has 0 aromatic heterocycles. The van der Waals surface area contributed by atoms with Crippen LogP contribution in [0.4, 0.5) is 5.69 Å². The number of nitrogens with one attached hydrogen (secondary N) is 1. The number of benzene rings is 2. The summed E-state index contributed by atoms with van der Waals surface area (Å²) in [5.74, 6) is 0.221. The minimum absolute atomic E-state index is 0.159. The van der Waals surface area contributed by atoms with Gasteiger partial charge in [-0.15, -0.1) is 0 Å². The Morgan fingerprint density at radius 1 is 1.17 bits per heavy atom. The third-order valence-electron chi connectivity index (χ3n) is 4.74. The second-order valence-electron chi connectivity index (χ2n) is 6.57. The normalized spacial score (nSPS) is 16.3. The lowest BCUT2D eigenvalue weighted by molar-refractivity contribution is -0.140. The summed E-state index contributed by atoms with van der Waals surface area (Å²) in [5, 5.41) is 3.78. The van der Waals surface area contributed by atoms with Crippen LogP contribution in [-0.4, -0.2) is 38.5 Å². The van der Waals surface area contributed by atoms with Crippen molar-refractivity contribution in [3.8, 4) is 5.75 Å². The zero-order valence-electron chi connectivity index (χ0n) is 17.0. The zero-order chi connectivity index (χ0) is 21.7. The summed E-state index contributed by atoms with van der Waals surface area (Å²) in [5.41, 5.74) is 2.79. The maximum Gasteiger partial charge on any atom is 0.338 e. The summed E-state index contributed by atoms with van der Waals surface area (Å²) in [6.07, 6.45) is 0. The average Bonchev–Trinajstić information content (AvgIpc) is 2.73. The van der Waals surface area contributed by atoms with Crippen LogP contribution in [0.1, 0.15) is 18.5 Å². The van der Waals surface area contributed by atoms with E-state index in [0.29, 0.717) is 28.7 Å². The molecule has 0 spiro atoms. The number of halogens is 1. The molecule has 0 fully saturated rings. The van der Waals surface area contributed by atoms with E-state index in [1.165, 1.54) is 0 Å². The Morgan fingerprint density at radius 3 is 2.63 bits per heavy atom. The molecule has 6 nitrogen and oxygen atoms in total. The number of para-hydroxylation sites is 1. The summed E-state index contributed by atoms with van der Waals surface area (Å²) in [6.45, 7) is 2.34. The third-order valence-corrected chi connectivity index (χ3v) is 5.54. The fraction of sp³-hybridized carbons (Fsp3) is 0.273. The molecule has 1 atom stereocenters. The van der Waals surface area contributed by atoms with Gasteiger partial charge >= 0.3 is 5.97 Å². The van der Waals surface area contributed by atoms with Crippen LogP contribution >= 0.6 is 28.1 Å². The molecule has 2 aromatic carbocycles. The number of carbonyl (C=O) groups excluding carboxylic acids is 1. The second-order valence-corrected chi connectivity index (χ2v) is 7.87. The molecule has 0 aliphatic carbocycles. The Labute approximate surface area is 189 Å². The zero-order valence-corrected chi connectivity index (χ0v) is 19.4. The summed E-state index contributed by atoms with van der Waals surface area (Å²) < 4.78 is 16.9. The lowest BCUT2D eigenvalue weighted by atomic mass is 9.94. The number of thiocarbonyl (C=S) groups is 1. The molecular weight excluding hydrogens is 468 g/mol. The van der Waals surface area contributed by atoms with Crippen LogP contribution in [0, 0.1) is 0 Å². The second kappa shape index (κ2) is 10.1. The van der Waals surface area contributed by atoms with Crippen LogP contribution in [0.5, 0.6) is 5.75 Å². The smallest absolute Gasteiger partial charge is 0.338 e. The van der Waals surface area contributed by atoms with E-state index in [1.54, 1.807) is 14.2 Å². The SMILES string of the molecule is COCCOC(=O)C1=C(C)N(c2cccc(Br)c2)C(=S)NC1c1ccccc1OC. The van der Waals surface area contributed by atoms with Crippen molar-refractivity contribution in [1.82, 2.24) is 5.32 Å². The van der Waals surface area contributed by atoms with Gasteiger partial charge in [-0.1, -0.05) is 40.2 Å². The molecule has 2 aromatic rings. The van der Waals surface area contributed by atoms with Crippen molar-refractivity contribution in [2.45, 2.75) is 13.0 Å². The number of carbonyl (C=O) groups is 1. The summed E-state index contributed by atoms with van der Waals surface area (Å²) in [7, 11) is 3.16. The van der Waals surface area contributed by atoms with E-state index in [4.69, 9.17) is 26.4 Å². The van der Waals surface area contributed by atoms with Gasteiger partial charge in [-0.2, -0.15) is 0 Å². The Balaban J connectivity index is 2.11. The van der Waals surface area contributed by atoms with Crippen LogP contribution in [0.2, 0.25) is 0 Å². The van der Waals surface area contributed by atoms with Crippen molar-refractivity contribution >= 4 is 44.9 Å². The molecule has 1 aliphatic rings. The van der Waals surface area contributed by atoms with E-state index in [0.717, 1.165) is 15.7 Å². The van der Waals surface area contributed by atoms with Crippen LogP contribution in [-0.2, 0) is 14.3 Å². The molecule has 158 valence electrons. The van der Waals surface area contributed by atoms with Gasteiger partial charge in [-0.05, 0) is 43.4 Å². The van der Waals surface area contributed by atoms with Gasteiger partial charge < -0.3 is 19.5 Å². The quantitative estimate of drug-likeness (QED) is 0.351. The van der Waals surface area contributed by atoms with Crippen molar-refractivity contribution < 1.29 is 19.0 Å². The molecule has 1 unspecified atom stereocenters. The fourth-order valence-electron chi connectivity index (χ4n) is 3.37. The Bertz CT molecular complexity index is 979. The first-order valence-electron chi connectivity index (χ1n) is 9.33. The summed E-state index contributed by atoms with van der Waals surface area (Å²) in [6, 6.07) is 14.7. The van der Waals surface area contributed by atoms with Crippen molar-refractivity contribution in [1.29, 1.82) is 0 Å². The van der Waals surface area contributed by atoms with Gasteiger partial charge in [0, 0.05) is 28.5 Å². The van der Waals surface area contributed by atoms with Crippen LogP contribution in [0.25, 0.3) is 0 Å². The predicted molar refractivity (Wildman–Crippen MR) is 124 cm³/mol. The molecule has 1 heterocycles. The summed E-state index contributed by atoms with van der Waals surface area (Å²) in [4.78, 5) is 15.0. The number of hydrogen-bond acceptors (Lipinski definition) is 5. The third kappa shape index (κ3) is 4.66. The summed E-state index contributed by atoms with van der Waals surface area (Å²) >= 11 is 9.18. The standard InChI is InChI=1S/C22H23BrN2O4S/c1-14-19(21(26)29-12-11-27-2)20(17-9-4-5-10-18(17)28-3)24-22(30)25(14)16-8-6-7-15(23)13-16/h4-10,13,20H,11-12H2,1-3H3,(H,24,30). The highest BCUT2D eigenvalue weighted by Crippen LogP contribution is 2.37. The number of hydrogen-bond donors (Lipinski definition) is 1. The number of anilines is 1. The number of rotatable bonds is 7. The van der Waals surface area contributed by atoms with Crippen molar-refractivity contribution in [2.24, 2.45) is 0 Å². The molecule has 1 aliphatic heterocycles. The largest absolute Gasteiger partial charge is 0.496 e. The maximum atomic E-state index is 13.1. The molecule has 3 rings (SSSR count). The highest BCUT2D eigenvalue weighted by atomic mass is 79.9. The van der Waals surface area contributed by atoms with E-state index in [-0.39, 0.29) is 6.61 Å². The Hall–Kier alpha value is -2.42. The average molecular weight is 491 g/mol. The van der Waals surface area contributed by atoms with Gasteiger partial charge in [0.15, 0.2) is 5.11 Å². The van der Waals surface area contributed by atoms with E-state index in [2.05, 4.69) is 21.2 Å². The van der Waals surface area contributed by atoms with Gasteiger partial charge in [0.05, 0.1) is 25.3 Å². The number of methoxy groups -OCH3 is 2. The van der Waals surface area contributed by atoms with E-state index >= 15 is 0 Å². The van der Waals surface area contributed by atoms with Gasteiger partial charge in [0.2, 0.25) is 0 Å². The van der Waals surface area contributed by atoms with E-state index in [9.17, 15) is 4.79 Å². The maximum absolute atomic E-state index is 13.1. The molecule has 0 bridgehead atoms. The van der Waals surface area contributed by atoms with Gasteiger partial charge in [0.25, 0.3) is 0 Å². The first-order valence-corrected chi connectivity index (χ1v) is 10.5. The lowest BCUT2D eigenvalue weighted by Gasteiger charge is -2.38. The molecular formula is C22H23BrN2O4S. The van der Waals surface area contributed by atoms with Crippen LogP contribution in [0.15, 0.2) is 64.3 Å². The topological polar surface area (TPSA) is 60.0 Å². The molecule has 0 saturated heterocycles. The Morgan fingerprint density at radius 2 is 1.93 bits per heavy atom. The van der Waals surface area contributed by atoms with E-state index < -0.39 is 12.0 Å². The number of ether oxygens (including phenoxy) is 3. The Kier molecular flexibility index (Phi) is 7.47.